The van der Waals surface area contributed by atoms with Crippen LogP contribution in [0, 0.1) is 0 Å². The summed E-state index contributed by atoms with van der Waals surface area (Å²) in [5, 5.41) is 8.79. The highest BCUT2D eigenvalue weighted by Gasteiger charge is 2.13. The molecule has 1 N–H and O–H groups in total. The molecule has 1 aromatic rings. The van der Waals surface area contributed by atoms with E-state index >= 15 is 0 Å². The van der Waals surface area contributed by atoms with Crippen LogP contribution in [0.1, 0.15) is 29.0 Å². The van der Waals surface area contributed by atoms with Crippen LogP contribution < -0.4 is 0 Å². The molecule has 96 valence electrons. The number of hydrogen-bond donors (Lipinski definition) is 1. The van der Waals surface area contributed by atoms with Gasteiger partial charge in [-0.3, -0.25) is 4.90 Å². The molecule has 1 aliphatic rings. The van der Waals surface area contributed by atoms with E-state index in [4.69, 9.17) is 5.11 Å². The lowest BCUT2D eigenvalue weighted by molar-refractivity contribution is 0.0690. The number of aromatic nitrogens is 1. The van der Waals surface area contributed by atoms with E-state index in [1.165, 1.54) is 18.9 Å². The van der Waals surface area contributed by atoms with Gasteiger partial charge in [0.25, 0.3) is 0 Å². The smallest absolute Gasteiger partial charge is 0.354 e. The first-order chi connectivity index (χ1) is 7.25. The molecule has 4 nitrogen and oxygen atoms in total. The van der Waals surface area contributed by atoms with Gasteiger partial charge in [-0.2, -0.15) is 0 Å². The first kappa shape index (κ1) is 16.2. The number of likely N-dealkylation sites (tertiary alicyclic amines) is 1. The molecule has 1 fully saturated rings. The summed E-state index contributed by atoms with van der Waals surface area (Å²) in [5.74, 6) is -0.960. The third-order valence-corrected chi connectivity index (χ3v) is 2.61. The Morgan fingerprint density at radius 2 is 1.94 bits per heavy atom. The van der Waals surface area contributed by atoms with E-state index < -0.39 is 5.97 Å². The minimum Gasteiger partial charge on any atom is -0.477 e. The molecule has 0 spiro atoms. The molecule has 1 aromatic heterocycles. The van der Waals surface area contributed by atoms with Gasteiger partial charge in [-0.15, -0.1) is 24.8 Å². The summed E-state index contributed by atoms with van der Waals surface area (Å²) in [6.45, 7) is 2.96. The van der Waals surface area contributed by atoms with Crippen molar-refractivity contribution in [3.05, 3.63) is 29.6 Å². The average molecular weight is 279 g/mol. The molecule has 17 heavy (non-hydrogen) atoms. The molecule has 0 atom stereocenters. The topological polar surface area (TPSA) is 53.4 Å². The Morgan fingerprint density at radius 3 is 2.53 bits per heavy atom. The Hall–Kier alpha value is -0.840. The first-order valence-corrected chi connectivity index (χ1v) is 5.17. The molecule has 0 radical (unpaired) electrons. The zero-order valence-electron chi connectivity index (χ0n) is 9.33. The maximum atomic E-state index is 10.7. The highest BCUT2D eigenvalue weighted by molar-refractivity contribution is 5.86. The van der Waals surface area contributed by atoms with Crippen LogP contribution in [0.15, 0.2) is 18.2 Å². The maximum Gasteiger partial charge on any atom is 0.354 e. The summed E-state index contributed by atoms with van der Waals surface area (Å²) >= 11 is 0. The Labute approximate surface area is 113 Å². The summed E-state index contributed by atoms with van der Waals surface area (Å²) in [6.07, 6.45) is 2.47. The van der Waals surface area contributed by atoms with Gasteiger partial charge in [-0.25, -0.2) is 9.78 Å². The molecular formula is C11H16Cl2N2O2. The lowest BCUT2D eigenvalue weighted by Crippen LogP contribution is -2.19. The Kier molecular flexibility index (Phi) is 7.11. The lowest BCUT2D eigenvalue weighted by Gasteiger charge is -2.13. The summed E-state index contributed by atoms with van der Waals surface area (Å²) in [5.41, 5.74) is 0.975. The largest absolute Gasteiger partial charge is 0.477 e. The number of halogens is 2. The molecule has 0 amide bonds. The second kappa shape index (κ2) is 7.48. The van der Waals surface area contributed by atoms with Crippen LogP contribution in [0.2, 0.25) is 0 Å². The Morgan fingerprint density at radius 1 is 1.29 bits per heavy atom. The van der Waals surface area contributed by atoms with Crippen molar-refractivity contribution in [3.8, 4) is 0 Å². The van der Waals surface area contributed by atoms with E-state index in [1.807, 2.05) is 6.07 Å². The standard InChI is InChI=1S/C11H14N2O2.2ClH/c14-11(15)10-5-3-4-9(12-10)8-13-6-1-2-7-13;;/h3-5H,1-2,6-8H2,(H,14,15);2*1H. The Balaban J connectivity index is 0.00000128. The van der Waals surface area contributed by atoms with Crippen molar-refractivity contribution < 1.29 is 9.90 Å². The molecule has 2 heterocycles. The number of pyridine rings is 1. The predicted octanol–water partition coefficient (Wildman–Crippen LogP) is 2.22. The Bertz CT molecular complexity index is 368. The summed E-state index contributed by atoms with van der Waals surface area (Å²) in [7, 11) is 0. The van der Waals surface area contributed by atoms with E-state index in [2.05, 4.69) is 9.88 Å². The zero-order chi connectivity index (χ0) is 10.7. The van der Waals surface area contributed by atoms with Crippen molar-refractivity contribution >= 4 is 30.8 Å². The van der Waals surface area contributed by atoms with Gasteiger partial charge >= 0.3 is 5.97 Å². The van der Waals surface area contributed by atoms with Crippen LogP contribution in [0.3, 0.4) is 0 Å². The quantitative estimate of drug-likeness (QED) is 0.921. The molecule has 1 saturated heterocycles. The SMILES string of the molecule is Cl.Cl.O=C(O)c1cccc(CN2CCCC2)n1. The molecule has 2 rings (SSSR count). The third-order valence-electron chi connectivity index (χ3n) is 2.61. The van der Waals surface area contributed by atoms with Crippen LogP contribution in [0.25, 0.3) is 0 Å². The summed E-state index contributed by atoms with van der Waals surface area (Å²) < 4.78 is 0. The van der Waals surface area contributed by atoms with Crippen molar-refractivity contribution in [1.29, 1.82) is 0 Å². The van der Waals surface area contributed by atoms with E-state index in [1.54, 1.807) is 6.07 Å². The van der Waals surface area contributed by atoms with Crippen LogP contribution in [0.4, 0.5) is 0 Å². The van der Waals surface area contributed by atoms with Crippen molar-refractivity contribution in [2.45, 2.75) is 19.4 Å². The molecule has 0 aliphatic carbocycles. The van der Waals surface area contributed by atoms with Crippen LogP contribution in [0.5, 0.6) is 0 Å². The van der Waals surface area contributed by atoms with Gasteiger partial charge in [0.05, 0.1) is 5.69 Å². The van der Waals surface area contributed by atoms with Gasteiger partial charge in [0.1, 0.15) is 5.69 Å². The average Bonchev–Trinajstić information content (AvgIpc) is 2.71. The number of carboxylic acid groups (broad SMARTS) is 1. The monoisotopic (exact) mass is 278 g/mol. The first-order valence-electron chi connectivity index (χ1n) is 5.17. The highest BCUT2D eigenvalue weighted by Crippen LogP contribution is 2.11. The fourth-order valence-electron chi connectivity index (χ4n) is 1.86. The predicted molar refractivity (Wildman–Crippen MR) is 70.2 cm³/mol. The number of rotatable bonds is 3. The van der Waals surface area contributed by atoms with E-state index in [0.717, 1.165) is 25.3 Å². The lowest BCUT2D eigenvalue weighted by atomic mass is 10.3. The molecule has 0 unspecified atom stereocenters. The molecule has 0 aromatic carbocycles. The fourth-order valence-corrected chi connectivity index (χ4v) is 1.86. The van der Waals surface area contributed by atoms with E-state index in [0.29, 0.717) is 0 Å². The van der Waals surface area contributed by atoms with Crippen molar-refractivity contribution in [2.24, 2.45) is 0 Å². The van der Waals surface area contributed by atoms with Gasteiger partial charge in [0, 0.05) is 6.54 Å². The van der Waals surface area contributed by atoms with E-state index in [-0.39, 0.29) is 30.5 Å². The van der Waals surface area contributed by atoms with Gasteiger partial charge in [0.15, 0.2) is 0 Å². The van der Waals surface area contributed by atoms with Crippen LogP contribution in [-0.4, -0.2) is 34.0 Å². The van der Waals surface area contributed by atoms with Gasteiger partial charge in [0.2, 0.25) is 0 Å². The molecule has 6 heteroatoms. The molecule has 0 saturated carbocycles. The summed E-state index contributed by atoms with van der Waals surface area (Å²) in [4.78, 5) is 17.1. The highest BCUT2D eigenvalue weighted by atomic mass is 35.5. The van der Waals surface area contributed by atoms with Crippen LogP contribution >= 0.6 is 24.8 Å². The van der Waals surface area contributed by atoms with E-state index in [9.17, 15) is 4.79 Å². The minimum absolute atomic E-state index is 0. The van der Waals surface area contributed by atoms with Crippen molar-refractivity contribution in [1.82, 2.24) is 9.88 Å². The van der Waals surface area contributed by atoms with Gasteiger partial charge in [-0.05, 0) is 38.1 Å². The van der Waals surface area contributed by atoms with Crippen molar-refractivity contribution in [2.75, 3.05) is 13.1 Å². The normalized spacial score (nSPS) is 14.8. The summed E-state index contributed by atoms with van der Waals surface area (Å²) in [6, 6.07) is 5.16. The van der Waals surface area contributed by atoms with Crippen molar-refractivity contribution in [3.63, 3.8) is 0 Å². The van der Waals surface area contributed by atoms with Gasteiger partial charge in [-0.1, -0.05) is 6.07 Å². The van der Waals surface area contributed by atoms with Gasteiger partial charge < -0.3 is 5.11 Å². The second-order valence-electron chi connectivity index (χ2n) is 3.80. The number of carbonyl (C=O) groups is 1. The molecular weight excluding hydrogens is 263 g/mol. The number of aromatic carboxylic acids is 1. The maximum absolute atomic E-state index is 10.7. The second-order valence-corrected chi connectivity index (χ2v) is 3.80. The van der Waals surface area contributed by atoms with Crippen LogP contribution in [-0.2, 0) is 6.54 Å². The number of nitrogens with zero attached hydrogens (tertiary/aromatic N) is 2. The zero-order valence-corrected chi connectivity index (χ0v) is 11.0. The fraction of sp³-hybridized carbons (Fsp3) is 0.455. The number of hydrogen-bond acceptors (Lipinski definition) is 3. The number of carboxylic acids is 1. The minimum atomic E-state index is -0.960. The molecule has 1 aliphatic heterocycles. The molecule has 0 bridgehead atoms. The third kappa shape index (κ3) is 4.50.